The average molecular weight is 305 g/mol. The molecule has 0 saturated carbocycles. The van der Waals surface area contributed by atoms with E-state index in [0.717, 1.165) is 24.2 Å². The monoisotopic (exact) mass is 305 g/mol. The number of likely N-dealkylation sites (N-methyl/N-ethyl adjacent to an activating group) is 1. The van der Waals surface area contributed by atoms with Crippen LogP contribution in [0, 0.1) is 0 Å². The number of likely N-dealkylation sites (tertiary alicyclic amines) is 1. The summed E-state index contributed by atoms with van der Waals surface area (Å²) >= 11 is 0. The van der Waals surface area contributed by atoms with Crippen LogP contribution in [0.2, 0.25) is 0 Å². The number of methoxy groups -OCH3 is 3. The molecule has 1 aromatic rings. The van der Waals surface area contributed by atoms with Crippen LogP contribution in [0.4, 0.5) is 0 Å². The summed E-state index contributed by atoms with van der Waals surface area (Å²) < 4.78 is 16.0. The van der Waals surface area contributed by atoms with Gasteiger partial charge in [0.05, 0.1) is 21.3 Å². The summed E-state index contributed by atoms with van der Waals surface area (Å²) in [5.74, 6) is 1.93. The Bertz CT molecular complexity index is 555. The molecule has 1 fully saturated rings. The van der Waals surface area contributed by atoms with Gasteiger partial charge in [-0.1, -0.05) is 6.92 Å². The number of ketones is 1. The summed E-state index contributed by atoms with van der Waals surface area (Å²) in [6.45, 7) is 4.57. The van der Waals surface area contributed by atoms with Gasteiger partial charge in [-0.2, -0.15) is 0 Å². The third-order valence-corrected chi connectivity index (χ3v) is 3.88. The fraction of sp³-hybridized carbons (Fsp3) is 0.471. The van der Waals surface area contributed by atoms with Gasteiger partial charge in [0, 0.05) is 25.1 Å². The molecule has 2 rings (SSSR count). The Morgan fingerprint density at radius 1 is 1.14 bits per heavy atom. The number of hydrogen-bond acceptors (Lipinski definition) is 5. The highest BCUT2D eigenvalue weighted by Gasteiger charge is 2.20. The molecule has 1 heterocycles. The number of benzene rings is 1. The van der Waals surface area contributed by atoms with Gasteiger partial charge >= 0.3 is 0 Å². The van der Waals surface area contributed by atoms with E-state index in [4.69, 9.17) is 14.2 Å². The topological polar surface area (TPSA) is 48.0 Å². The van der Waals surface area contributed by atoms with Gasteiger partial charge in [0.15, 0.2) is 17.3 Å². The standard InChI is InChI=1S/C17H23NO4/c1-5-18-7-6-14(19)13(11-18)8-12-9-15(20-2)17(22-4)16(10-12)21-3/h8-10H,5-7,11H2,1-4H3/b13-8+. The molecular weight excluding hydrogens is 282 g/mol. The summed E-state index contributed by atoms with van der Waals surface area (Å²) in [7, 11) is 4.74. The molecule has 1 saturated heterocycles. The summed E-state index contributed by atoms with van der Waals surface area (Å²) in [4.78, 5) is 14.4. The first-order valence-corrected chi connectivity index (χ1v) is 7.39. The summed E-state index contributed by atoms with van der Waals surface area (Å²) in [6.07, 6.45) is 2.48. The van der Waals surface area contributed by atoms with Crippen LogP contribution in [-0.2, 0) is 4.79 Å². The largest absolute Gasteiger partial charge is 0.493 e. The molecule has 22 heavy (non-hydrogen) atoms. The maximum atomic E-state index is 12.1. The molecule has 0 radical (unpaired) electrons. The van der Waals surface area contributed by atoms with Gasteiger partial charge in [-0.05, 0) is 30.3 Å². The van der Waals surface area contributed by atoms with Crippen LogP contribution < -0.4 is 14.2 Å². The van der Waals surface area contributed by atoms with Crippen molar-refractivity contribution in [1.29, 1.82) is 0 Å². The van der Waals surface area contributed by atoms with Crippen LogP contribution in [0.5, 0.6) is 17.2 Å². The SMILES string of the molecule is CCN1CCC(=O)/C(=C/c2cc(OC)c(OC)c(OC)c2)C1. The molecule has 120 valence electrons. The minimum atomic E-state index is 0.207. The maximum absolute atomic E-state index is 12.1. The zero-order valence-corrected chi connectivity index (χ0v) is 13.6. The fourth-order valence-corrected chi connectivity index (χ4v) is 2.61. The van der Waals surface area contributed by atoms with Gasteiger partial charge in [-0.15, -0.1) is 0 Å². The van der Waals surface area contributed by atoms with Gasteiger partial charge in [0.1, 0.15) is 0 Å². The van der Waals surface area contributed by atoms with Crippen LogP contribution in [0.25, 0.3) is 6.08 Å². The Balaban J connectivity index is 2.39. The number of piperidine rings is 1. The van der Waals surface area contributed by atoms with Crippen LogP contribution in [-0.4, -0.2) is 51.6 Å². The first-order chi connectivity index (χ1) is 10.6. The lowest BCUT2D eigenvalue weighted by atomic mass is 10.00. The lowest BCUT2D eigenvalue weighted by Crippen LogP contribution is -2.35. The van der Waals surface area contributed by atoms with Crippen molar-refractivity contribution < 1.29 is 19.0 Å². The van der Waals surface area contributed by atoms with Gasteiger partial charge in [-0.3, -0.25) is 9.69 Å². The van der Waals surface area contributed by atoms with Gasteiger partial charge in [-0.25, -0.2) is 0 Å². The van der Waals surface area contributed by atoms with E-state index in [0.29, 0.717) is 30.2 Å². The number of hydrogen-bond donors (Lipinski definition) is 0. The minimum absolute atomic E-state index is 0.207. The molecule has 0 bridgehead atoms. The van der Waals surface area contributed by atoms with E-state index in [2.05, 4.69) is 11.8 Å². The Morgan fingerprint density at radius 2 is 1.77 bits per heavy atom. The lowest BCUT2D eigenvalue weighted by Gasteiger charge is -2.26. The second-order valence-corrected chi connectivity index (χ2v) is 5.17. The molecule has 0 N–H and O–H groups in total. The number of ether oxygens (including phenoxy) is 3. The van der Waals surface area contributed by atoms with Crippen LogP contribution >= 0.6 is 0 Å². The Kier molecular flexibility index (Phi) is 5.44. The average Bonchev–Trinajstić information content (AvgIpc) is 2.55. The first-order valence-electron chi connectivity index (χ1n) is 7.39. The van der Waals surface area contributed by atoms with Crippen molar-refractivity contribution in [2.24, 2.45) is 0 Å². The summed E-state index contributed by atoms with van der Waals surface area (Å²) in [6, 6.07) is 3.71. The minimum Gasteiger partial charge on any atom is -0.493 e. The molecule has 0 atom stereocenters. The fourth-order valence-electron chi connectivity index (χ4n) is 2.61. The molecule has 1 aliphatic rings. The Morgan fingerprint density at radius 3 is 2.27 bits per heavy atom. The predicted octanol–water partition coefficient (Wildman–Crippen LogP) is 2.39. The quantitative estimate of drug-likeness (QED) is 0.782. The Labute approximate surface area is 131 Å². The van der Waals surface area contributed by atoms with Crippen LogP contribution in [0.15, 0.2) is 17.7 Å². The number of Topliss-reactive ketones (excluding diaryl/α,β-unsaturated/α-hetero) is 1. The third kappa shape index (κ3) is 3.42. The molecule has 0 unspecified atom stereocenters. The van der Waals surface area contributed by atoms with E-state index in [1.807, 2.05) is 18.2 Å². The first kappa shape index (κ1) is 16.4. The van der Waals surface area contributed by atoms with Crippen molar-refractivity contribution >= 4 is 11.9 Å². The molecule has 0 amide bonds. The summed E-state index contributed by atoms with van der Waals surface area (Å²) in [5.41, 5.74) is 1.69. The molecular formula is C17H23NO4. The van der Waals surface area contributed by atoms with E-state index in [1.165, 1.54) is 0 Å². The predicted molar refractivity (Wildman–Crippen MR) is 85.8 cm³/mol. The molecule has 1 aliphatic heterocycles. The van der Waals surface area contributed by atoms with E-state index in [9.17, 15) is 4.79 Å². The van der Waals surface area contributed by atoms with E-state index >= 15 is 0 Å². The highest BCUT2D eigenvalue weighted by atomic mass is 16.5. The molecule has 0 spiro atoms. The van der Waals surface area contributed by atoms with Gasteiger partial charge in [0.25, 0.3) is 0 Å². The number of nitrogens with zero attached hydrogens (tertiary/aromatic N) is 1. The molecule has 5 nitrogen and oxygen atoms in total. The van der Waals surface area contributed by atoms with Gasteiger partial charge < -0.3 is 14.2 Å². The maximum Gasteiger partial charge on any atom is 0.203 e. The normalized spacial score (nSPS) is 17.6. The van der Waals surface area contributed by atoms with Crippen LogP contribution in [0.1, 0.15) is 18.9 Å². The van der Waals surface area contributed by atoms with Gasteiger partial charge in [0.2, 0.25) is 5.75 Å². The lowest BCUT2D eigenvalue weighted by molar-refractivity contribution is -0.117. The summed E-state index contributed by atoms with van der Waals surface area (Å²) in [5, 5.41) is 0. The third-order valence-electron chi connectivity index (χ3n) is 3.88. The highest BCUT2D eigenvalue weighted by Crippen LogP contribution is 2.38. The second-order valence-electron chi connectivity index (χ2n) is 5.17. The smallest absolute Gasteiger partial charge is 0.203 e. The van der Waals surface area contributed by atoms with E-state index in [-0.39, 0.29) is 5.78 Å². The van der Waals surface area contributed by atoms with Crippen molar-refractivity contribution in [3.05, 3.63) is 23.3 Å². The second kappa shape index (κ2) is 7.31. The highest BCUT2D eigenvalue weighted by molar-refractivity contribution is 6.00. The van der Waals surface area contributed by atoms with Crippen molar-refractivity contribution in [1.82, 2.24) is 4.90 Å². The van der Waals surface area contributed by atoms with E-state index < -0.39 is 0 Å². The molecule has 1 aromatic carbocycles. The molecule has 0 aromatic heterocycles. The number of carbonyl (C=O) groups excluding carboxylic acids is 1. The van der Waals surface area contributed by atoms with E-state index in [1.54, 1.807) is 21.3 Å². The van der Waals surface area contributed by atoms with Crippen molar-refractivity contribution in [2.45, 2.75) is 13.3 Å². The van der Waals surface area contributed by atoms with Crippen LogP contribution in [0.3, 0.4) is 0 Å². The molecule has 0 aliphatic carbocycles. The van der Waals surface area contributed by atoms with Crippen molar-refractivity contribution in [2.75, 3.05) is 41.0 Å². The van der Waals surface area contributed by atoms with Crippen molar-refractivity contribution in [3.63, 3.8) is 0 Å². The molecule has 5 heteroatoms. The zero-order valence-electron chi connectivity index (χ0n) is 13.6. The number of carbonyl (C=O) groups is 1. The Hall–Kier alpha value is -2.01. The number of rotatable bonds is 5. The zero-order chi connectivity index (χ0) is 16.1. The van der Waals surface area contributed by atoms with Crippen molar-refractivity contribution in [3.8, 4) is 17.2 Å².